The molecule has 0 atom stereocenters. The van der Waals surface area contributed by atoms with E-state index in [0.29, 0.717) is 15.9 Å². The van der Waals surface area contributed by atoms with Gasteiger partial charge in [0.05, 0.1) is 6.54 Å². The summed E-state index contributed by atoms with van der Waals surface area (Å²) in [6.45, 7) is 5.84. The highest BCUT2D eigenvalue weighted by atomic mass is 79.9. The molecule has 0 spiro atoms. The lowest BCUT2D eigenvalue weighted by Gasteiger charge is -2.11. The molecule has 0 N–H and O–H groups in total. The van der Waals surface area contributed by atoms with Crippen molar-refractivity contribution in [2.45, 2.75) is 27.3 Å². The van der Waals surface area contributed by atoms with Gasteiger partial charge in [0.2, 0.25) is 0 Å². The number of ketones is 1. The van der Waals surface area contributed by atoms with Crippen LogP contribution in [0.25, 0.3) is 16.9 Å². The Morgan fingerprint density at radius 1 is 1.03 bits per heavy atom. The number of hydrogen-bond donors (Lipinski definition) is 0. The average molecular weight is 484 g/mol. The lowest BCUT2D eigenvalue weighted by Crippen LogP contribution is -2.37. The summed E-state index contributed by atoms with van der Waals surface area (Å²) in [7, 11) is 2.96. The Balaban J connectivity index is 1.80. The fraction of sp³-hybridized carbons (Fsp3) is 0.273. The zero-order chi connectivity index (χ0) is 22.6. The Morgan fingerprint density at radius 3 is 2.32 bits per heavy atom. The van der Waals surface area contributed by atoms with Gasteiger partial charge in [0, 0.05) is 36.7 Å². The molecule has 9 heteroatoms. The molecule has 3 aromatic heterocycles. The van der Waals surface area contributed by atoms with Crippen LogP contribution in [0.15, 0.2) is 44.7 Å². The van der Waals surface area contributed by atoms with Crippen molar-refractivity contribution in [2.24, 2.45) is 14.1 Å². The molecule has 0 aliphatic rings. The summed E-state index contributed by atoms with van der Waals surface area (Å²) in [6, 6.07) is 9.98. The number of halogens is 1. The van der Waals surface area contributed by atoms with Crippen molar-refractivity contribution >= 4 is 32.9 Å². The first kappa shape index (κ1) is 21.0. The zero-order valence-electron chi connectivity index (χ0n) is 17.9. The average Bonchev–Trinajstić information content (AvgIpc) is 3.22. The van der Waals surface area contributed by atoms with E-state index in [-0.39, 0.29) is 17.8 Å². The molecular weight excluding hydrogens is 462 g/mol. The Bertz CT molecular complexity index is 1470. The summed E-state index contributed by atoms with van der Waals surface area (Å²) in [5, 5.41) is 0. The van der Waals surface area contributed by atoms with Gasteiger partial charge in [-0.15, -0.1) is 0 Å². The van der Waals surface area contributed by atoms with E-state index in [1.807, 2.05) is 55.7 Å². The summed E-state index contributed by atoms with van der Waals surface area (Å²) in [4.78, 5) is 42.4. The second-order valence-corrected chi connectivity index (χ2v) is 8.43. The third kappa shape index (κ3) is 3.29. The maximum absolute atomic E-state index is 13.3. The number of fused-ring (bicyclic) bond motifs is 1. The Hall–Kier alpha value is -3.20. The van der Waals surface area contributed by atoms with Crippen LogP contribution in [-0.4, -0.2) is 29.0 Å². The number of nitrogens with zero attached hydrogens (tertiary/aromatic N) is 5. The fourth-order valence-corrected chi connectivity index (χ4v) is 4.44. The first-order valence-electron chi connectivity index (χ1n) is 9.72. The van der Waals surface area contributed by atoms with Gasteiger partial charge in [0.1, 0.15) is 0 Å². The Morgan fingerprint density at radius 2 is 1.68 bits per heavy atom. The standard InChI is InChI=1S/C22H22BrN5O3/c1-12-6-8-15(9-7-12)28-13(2)10-16(14(28)3)17(29)11-27-19-18(24-21(27)23)20(30)26(5)22(31)25(19)4/h6-10H,11H2,1-5H3. The number of benzene rings is 1. The number of Topliss-reactive ketones (excluding diaryl/α,β-unsaturated/α-hetero) is 1. The van der Waals surface area contributed by atoms with Gasteiger partial charge in [-0.1, -0.05) is 17.7 Å². The monoisotopic (exact) mass is 483 g/mol. The highest BCUT2D eigenvalue weighted by Crippen LogP contribution is 2.23. The lowest BCUT2D eigenvalue weighted by molar-refractivity contribution is 0.0971. The molecule has 4 rings (SSSR count). The second kappa shape index (κ2) is 7.49. The molecule has 0 radical (unpaired) electrons. The number of hydrogen-bond acceptors (Lipinski definition) is 4. The molecular formula is C22H22BrN5O3. The van der Waals surface area contributed by atoms with Crippen LogP contribution in [0.5, 0.6) is 0 Å². The quantitative estimate of drug-likeness (QED) is 0.330. The lowest BCUT2D eigenvalue weighted by atomic mass is 10.1. The van der Waals surface area contributed by atoms with E-state index in [9.17, 15) is 14.4 Å². The molecule has 1 aromatic carbocycles. The number of carbonyl (C=O) groups excluding carboxylic acids is 1. The van der Waals surface area contributed by atoms with Gasteiger partial charge >= 0.3 is 5.69 Å². The van der Waals surface area contributed by atoms with Gasteiger partial charge in [-0.25, -0.2) is 9.78 Å². The first-order valence-corrected chi connectivity index (χ1v) is 10.5. The number of rotatable bonds is 4. The molecule has 8 nitrogen and oxygen atoms in total. The van der Waals surface area contributed by atoms with Crippen LogP contribution in [0.3, 0.4) is 0 Å². The van der Waals surface area contributed by atoms with Gasteiger partial charge in [-0.3, -0.25) is 23.3 Å². The number of aromatic nitrogens is 5. The minimum Gasteiger partial charge on any atom is -0.318 e. The van der Waals surface area contributed by atoms with E-state index in [0.717, 1.165) is 27.2 Å². The summed E-state index contributed by atoms with van der Waals surface area (Å²) in [5.74, 6) is -0.139. The van der Waals surface area contributed by atoms with Crippen molar-refractivity contribution in [2.75, 3.05) is 0 Å². The van der Waals surface area contributed by atoms with Crippen LogP contribution in [0.2, 0.25) is 0 Å². The van der Waals surface area contributed by atoms with Crippen LogP contribution >= 0.6 is 15.9 Å². The van der Waals surface area contributed by atoms with E-state index >= 15 is 0 Å². The van der Waals surface area contributed by atoms with Crippen LogP contribution in [-0.2, 0) is 20.6 Å². The first-order chi connectivity index (χ1) is 14.6. The van der Waals surface area contributed by atoms with Crippen LogP contribution in [0.1, 0.15) is 27.3 Å². The highest BCUT2D eigenvalue weighted by Gasteiger charge is 2.22. The van der Waals surface area contributed by atoms with Gasteiger partial charge in [-0.2, -0.15) is 0 Å². The number of imidazole rings is 1. The molecule has 0 unspecified atom stereocenters. The van der Waals surface area contributed by atoms with E-state index in [4.69, 9.17) is 0 Å². The molecule has 0 aliphatic heterocycles. The molecule has 0 saturated carbocycles. The van der Waals surface area contributed by atoms with Crippen molar-refractivity contribution in [1.82, 2.24) is 23.3 Å². The maximum Gasteiger partial charge on any atom is 0.332 e. The Kier molecular flexibility index (Phi) is 5.09. The molecule has 3 heterocycles. The second-order valence-electron chi connectivity index (χ2n) is 7.72. The van der Waals surface area contributed by atoms with Crippen molar-refractivity contribution < 1.29 is 4.79 Å². The molecule has 0 aliphatic carbocycles. The van der Waals surface area contributed by atoms with Gasteiger partial charge < -0.3 is 4.57 Å². The number of carbonyl (C=O) groups is 1. The fourth-order valence-electron chi connectivity index (χ4n) is 3.97. The van der Waals surface area contributed by atoms with E-state index in [1.165, 1.54) is 11.6 Å². The van der Waals surface area contributed by atoms with Crippen LogP contribution in [0.4, 0.5) is 0 Å². The third-order valence-electron chi connectivity index (χ3n) is 5.62. The van der Waals surface area contributed by atoms with E-state index < -0.39 is 11.2 Å². The molecule has 0 saturated heterocycles. The molecule has 0 bridgehead atoms. The summed E-state index contributed by atoms with van der Waals surface area (Å²) < 4.78 is 6.25. The van der Waals surface area contributed by atoms with E-state index in [2.05, 4.69) is 20.9 Å². The van der Waals surface area contributed by atoms with E-state index in [1.54, 1.807) is 11.6 Å². The van der Waals surface area contributed by atoms with Crippen molar-refractivity contribution in [3.63, 3.8) is 0 Å². The summed E-state index contributed by atoms with van der Waals surface area (Å²) in [5.41, 5.74) is 3.97. The topological polar surface area (TPSA) is 83.8 Å². The van der Waals surface area contributed by atoms with Gasteiger partial charge in [-0.05, 0) is 54.9 Å². The van der Waals surface area contributed by atoms with Crippen LogP contribution in [0, 0.1) is 20.8 Å². The normalized spacial score (nSPS) is 11.4. The van der Waals surface area contributed by atoms with Crippen molar-refractivity contribution in [3.8, 4) is 5.69 Å². The molecule has 31 heavy (non-hydrogen) atoms. The molecule has 0 amide bonds. The SMILES string of the molecule is Cc1ccc(-n2c(C)cc(C(=O)Cn3c(Br)nc4c(=O)n(C)c(=O)n(C)c43)c2C)cc1. The molecule has 0 fully saturated rings. The largest absolute Gasteiger partial charge is 0.332 e. The van der Waals surface area contributed by atoms with Crippen molar-refractivity contribution in [3.05, 3.63) is 78.4 Å². The van der Waals surface area contributed by atoms with Crippen LogP contribution < -0.4 is 11.2 Å². The highest BCUT2D eigenvalue weighted by molar-refractivity contribution is 9.10. The molecule has 4 aromatic rings. The zero-order valence-corrected chi connectivity index (χ0v) is 19.5. The Labute approximate surface area is 186 Å². The minimum absolute atomic E-state index is 0.0598. The summed E-state index contributed by atoms with van der Waals surface area (Å²) in [6.07, 6.45) is 0. The summed E-state index contributed by atoms with van der Waals surface area (Å²) >= 11 is 3.34. The maximum atomic E-state index is 13.3. The predicted octanol–water partition coefficient (Wildman–Crippen LogP) is 2.80. The smallest absolute Gasteiger partial charge is 0.318 e. The predicted molar refractivity (Wildman–Crippen MR) is 122 cm³/mol. The van der Waals surface area contributed by atoms with Gasteiger partial charge in [0.25, 0.3) is 5.56 Å². The van der Waals surface area contributed by atoms with Crippen molar-refractivity contribution in [1.29, 1.82) is 0 Å². The minimum atomic E-state index is -0.498. The van der Waals surface area contributed by atoms with Gasteiger partial charge in [0.15, 0.2) is 21.7 Å². The third-order valence-corrected chi connectivity index (χ3v) is 6.22. The molecule has 160 valence electrons. The number of aryl methyl sites for hydroxylation is 3.